The summed E-state index contributed by atoms with van der Waals surface area (Å²) in [4.78, 5) is 12.0. The van der Waals surface area contributed by atoms with Crippen molar-refractivity contribution in [3.63, 3.8) is 0 Å². The number of nitrogen functional groups attached to an aromatic ring is 1. The molecule has 5 heteroatoms. The third-order valence-electron chi connectivity index (χ3n) is 2.41. The first-order chi connectivity index (χ1) is 9.15. The molecule has 0 aromatic heterocycles. The summed E-state index contributed by atoms with van der Waals surface area (Å²) in [7, 11) is 0. The summed E-state index contributed by atoms with van der Waals surface area (Å²) in [6.07, 6.45) is 0.751. The number of carbonyl (C=O) groups excluding carboxylic acids is 1. The van der Waals surface area contributed by atoms with Gasteiger partial charge in [0.25, 0.3) is 0 Å². The number of nitrogens with two attached hydrogens (primary N) is 1. The number of ether oxygens (including phenoxy) is 3. The fourth-order valence-electron chi connectivity index (χ4n) is 1.62. The second kappa shape index (κ2) is 7.51. The summed E-state index contributed by atoms with van der Waals surface area (Å²) in [5, 5.41) is 0. The molecule has 0 radical (unpaired) electrons. The maximum absolute atomic E-state index is 12.0. The third-order valence-corrected chi connectivity index (χ3v) is 2.41. The number of anilines is 1. The van der Waals surface area contributed by atoms with E-state index in [1.165, 1.54) is 0 Å². The molecule has 1 aromatic carbocycles. The van der Waals surface area contributed by atoms with Crippen LogP contribution >= 0.6 is 0 Å². The lowest BCUT2D eigenvalue weighted by atomic mass is 10.1. The molecule has 0 amide bonds. The van der Waals surface area contributed by atoms with Crippen LogP contribution in [-0.2, 0) is 4.74 Å². The topological polar surface area (TPSA) is 70.8 Å². The minimum atomic E-state index is -0.482. The molecule has 0 saturated heterocycles. The molecule has 0 unspecified atom stereocenters. The van der Waals surface area contributed by atoms with Gasteiger partial charge in [-0.1, -0.05) is 6.92 Å². The molecule has 0 aliphatic rings. The Morgan fingerprint density at radius 1 is 1.11 bits per heavy atom. The van der Waals surface area contributed by atoms with E-state index in [9.17, 15) is 4.79 Å². The Morgan fingerprint density at radius 3 is 2.26 bits per heavy atom. The highest BCUT2D eigenvalue weighted by Gasteiger charge is 2.21. The van der Waals surface area contributed by atoms with Crippen molar-refractivity contribution in [3.05, 3.63) is 17.7 Å². The summed E-state index contributed by atoms with van der Waals surface area (Å²) < 4.78 is 15.9. The van der Waals surface area contributed by atoms with Gasteiger partial charge in [0.15, 0.2) is 0 Å². The van der Waals surface area contributed by atoms with Crippen LogP contribution in [0.3, 0.4) is 0 Å². The van der Waals surface area contributed by atoms with Crippen molar-refractivity contribution in [2.45, 2.75) is 27.2 Å². The van der Waals surface area contributed by atoms with Gasteiger partial charge in [0.1, 0.15) is 17.1 Å². The van der Waals surface area contributed by atoms with E-state index in [2.05, 4.69) is 0 Å². The maximum atomic E-state index is 12.0. The Morgan fingerprint density at radius 2 is 1.68 bits per heavy atom. The van der Waals surface area contributed by atoms with E-state index in [0.29, 0.717) is 31.3 Å². The van der Waals surface area contributed by atoms with Gasteiger partial charge in [-0.05, 0) is 32.4 Å². The summed E-state index contributed by atoms with van der Waals surface area (Å²) in [6, 6.07) is 3.37. The molecular formula is C14H21NO4. The normalized spacial score (nSPS) is 10.1. The van der Waals surface area contributed by atoms with Crippen molar-refractivity contribution in [2.24, 2.45) is 0 Å². The predicted octanol–water partition coefficient (Wildman–Crippen LogP) is 2.63. The lowest BCUT2D eigenvalue weighted by Gasteiger charge is -2.15. The average Bonchev–Trinajstić information content (AvgIpc) is 2.40. The van der Waals surface area contributed by atoms with Crippen LogP contribution in [0.25, 0.3) is 0 Å². The van der Waals surface area contributed by atoms with Gasteiger partial charge < -0.3 is 19.9 Å². The van der Waals surface area contributed by atoms with Crippen LogP contribution in [0.4, 0.5) is 5.69 Å². The Hall–Kier alpha value is -1.91. The summed E-state index contributed by atoms with van der Waals surface area (Å²) in [5.74, 6) is 0.406. The zero-order valence-electron chi connectivity index (χ0n) is 11.7. The van der Waals surface area contributed by atoms with Gasteiger partial charge in [0.05, 0.1) is 25.5 Å². The van der Waals surface area contributed by atoms with E-state index < -0.39 is 5.97 Å². The molecule has 1 aromatic rings. The molecular weight excluding hydrogens is 246 g/mol. The number of carbonyl (C=O) groups is 1. The van der Waals surface area contributed by atoms with Crippen molar-refractivity contribution in [2.75, 3.05) is 25.6 Å². The second-order valence-corrected chi connectivity index (χ2v) is 3.85. The van der Waals surface area contributed by atoms with E-state index in [4.69, 9.17) is 19.9 Å². The first kappa shape index (κ1) is 15.1. The van der Waals surface area contributed by atoms with Crippen LogP contribution in [0.2, 0.25) is 0 Å². The van der Waals surface area contributed by atoms with Gasteiger partial charge in [-0.3, -0.25) is 0 Å². The number of hydrogen-bond donors (Lipinski definition) is 1. The lowest BCUT2D eigenvalue weighted by molar-refractivity contribution is 0.0501. The molecule has 106 valence electrons. The Bertz CT molecular complexity index is 432. The molecule has 5 nitrogen and oxygen atoms in total. The third kappa shape index (κ3) is 3.77. The van der Waals surface area contributed by atoms with Crippen molar-refractivity contribution >= 4 is 11.7 Å². The second-order valence-electron chi connectivity index (χ2n) is 3.85. The summed E-state index contributed by atoms with van der Waals surface area (Å²) in [5.41, 5.74) is 6.46. The maximum Gasteiger partial charge on any atom is 0.344 e. The molecule has 0 bridgehead atoms. The van der Waals surface area contributed by atoms with Gasteiger partial charge in [-0.25, -0.2) is 4.79 Å². The number of benzene rings is 1. The van der Waals surface area contributed by atoms with Gasteiger partial charge in [-0.15, -0.1) is 0 Å². The number of hydrogen-bond acceptors (Lipinski definition) is 5. The molecule has 0 saturated carbocycles. The van der Waals surface area contributed by atoms with Crippen molar-refractivity contribution in [1.29, 1.82) is 0 Å². The number of esters is 1. The smallest absolute Gasteiger partial charge is 0.344 e. The first-order valence-electron chi connectivity index (χ1n) is 6.50. The Labute approximate surface area is 113 Å². The molecule has 2 N–H and O–H groups in total. The van der Waals surface area contributed by atoms with Gasteiger partial charge >= 0.3 is 5.97 Å². The van der Waals surface area contributed by atoms with Crippen LogP contribution in [0.15, 0.2) is 12.1 Å². The average molecular weight is 267 g/mol. The van der Waals surface area contributed by atoms with Gasteiger partial charge in [-0.2, -0.15) is 0 Å². The van der Waals surface area contributed by atoms with E-state index in [1.54, 1.807) is 12.1 Å². The van der Waals surface area contributed by atoms with E-state index >= 15 is 0 Å². The lowest BCUT2D eigenvalue weighted by Crippen LogP contribution is -2.12. The first-order valence-corrected chi connectivity index (χ1v) is 6.50. The van der Waals surface area contributed by atoms with Crippen molar-refractivity contribution in [3.8, 4) is 11.5 Å². The summed E-state index contributed by atoms with van der Waals surface area (Å²) >= 11 is 0. The molecule has 0 aliphatic heterocycles. The quantitative estimate of drug-likeness (QED) is 0.607. The predicted molar refractivity (Wildman–Crippen MR) is 73.8 cm³/mol. The Kier molecular flexibility index (Phi) is 5.99. The minimum absolute atomic E-state index is 0.237. The fraction of sp³-hybridized carbons (Fsp3) is 0.500. The van der Waals surface area contributed by atoms with Crippen LogP contribution < -0.4 is 15.2 Å². The molecule has 0 heterocycles. The van der Waals surface area contributed by atoms with E-state index in [1.807, 2.05) is 20.8 Å². The standard InChI is InChI=1S/C14H21NO4/c1-4-9-19-14(16)12-10(17-5-2)7-8-11(13(12)15)18-6-3/h7-8H,4-6,9,15H2,1-3H3. The SMILES string of the molecule is CCCOC(=O)c1c(OCC)ccc(OCC)c1N. The highest BCUT2D eigenvalue weighted by Crippen LogP contribution is 2.33. The molecule has 0 aliphatic carbocycles. The molecule has 0 atom stereocenters. The molecule has 1 rings (SSSR count). The van der Waals surface area contributed by atoms with Gasteiger partial charge in [0.2, 0.25) is 0 Å². The monoisotopic (exact) mass is 267 g/mol. The molecule has 19 heavy (non-hydrogen) atoms. The van der Waals surface area contributed by atoms with Crippen LogP contribution in [0, 0.1) is 0 Å². The fourth-order valence-corrected chi connectivity index (χ4v) is 1.62. The number of rotatable bonds is 7. The van der Waals surface area contributed by atoms with E-state index in [0.717, 1.165) is 6.42 Å². The molecule has 0 fully saturated rings. The van der Waals surface area contributed by atoms with Crippen molar-refractivity contribution in [1.82, 2.24) is 0 Å². The van der Waals surface area contributed by atoms with Crippen LogP contribution in [-0.4, -0.2) is 25.8 Å². The zero-order chi connectivity index (χ0) is 14.3. The molecule has 0 spiro atoms. The van der Waals surface area contributed by atoms with Gasteiger partial charge in [0, 0.05) is 0 Å². The minimum Gasteiger partial charge on any atom is -0.493 e. The zero-order valence-corrected chi connectivity index (χ0v) is 11.7. The highest BCUT2D eigenvalue weighted by atomic mass is 16.5. The highest BCUT2D eigenvalue weighted by molar-refractivity contribution is 5.99. The Balaban J connectivity index is 3.13. The van der Waals surface area contributed by atoms with Crippen LogP contribution in [0.5, 0.6) is 11.5 Å². The largest absolute Gasteiger partial charge is 0.493 e. The van der Waals surface area contributed by atoms with E-state index in [-0.39, 0.29) is 11.3 Å². The van der Waals surface area contributed by atoms with Crippen LogP contribution in [0.1, 0.15) is 37.6 Å². The van der Waals surface area contributed by atoms with Crippen molar-refractivity contribution < 1.29 is 19.0 Å². The summed E-state index contributed by atoms with van der Waals surface area (Å²) in [6.45, 7) is 6.89.